The Morgan fingerprint density at radius 3 is 2.04 bits per heavy atom. The van der Waals surface area contributed by atoms with Crippen LogP contribution in [0, 0.1) is 11.3 Å². The van der Waals surface area contributed by atoms with Crippen molar-refractivity contribution in [3.8, 4) is 11.1 Å². The molecule has 1 aliphatic heterocycles. The molecule has 52 heavy (non-hydrogen) atoms. The number of alkyl carbamates (subject to hydrolysis) is 1. The van der Waals surface area contributed by atoms with Crippen LogP contribution in [0.25, 0.3) is 11.1 Å². The highest BCUT2D eigenvalue weighted by atomic mass is 32.2. The van der Waals surface area contributed by atoms with E-state index in [4.69, 9.17) is 9.57 Å². The molecule has 4 amide bonds. The SMILES string of the molecule is CC(C)OC(=O)N[C@H](C(=O)N1C[C@H](ON=C2c3ccccc3-c3ccccc32)CC1C(=O)N[C@@]1(C(=O)NS(=O)(=O)C2CC2)C[C@H]1C(F)F)C(C)(C)C. The predicted molar refractivity (Wildman–Crippen MR) is 186 cm³/mol. The smallest absolute Gasteiger partial charge is 0.408 e. The fourth-order valence-corrected chi connectivity index (χ4v) is 8.17. The summed E-state index contributed by atoms with van der Waals surface area (Å²) in [7, 11) is -4.12. The highest BCUT2D eigenvalue weighted by molar-refractivity contribution is 7.91. The van der Waals surface area contributed by atoms with E-state index in [-0.39, 0.29) is 13.0 Å². The number of halogens is 2. The number of alkyl halides is 2. The van der Waals surface area contributed by atoms with Crippen molar-refractivity contribution in [2.75, 3.05) is 6.54 Å². The van der Waals surface area contributed by atoms with E-state index in [9.17, 15) is 36.4 Å². The van der Waals surface area contributed by atoms with Gasteiger partial charge in [0.2, 0.25) is 28.3 Å². The number of nitrogens with zero attached hydrogens (tertiary/aromatic N) is 2. The number of carbonyl (C=O) groups is 4. The molecule has 2 aromatic rings. The monoisotopic (exact) mass is 743 g/mol. The van der Waals surface area contributed by atoms with Gasteiger partial charge in [0.25, 0.3) is 5.91 Å². The van der Waals surface area contributed by atoms with Crippen molar-refractivity contribution in [3.05, 3.63) is 59.7 Å². The normalized spacial score (nSPS) is 24.1. The average molecular weight is 744 g/mol. The Morgan fingerprint density at radius 2 is 1.54 bits per heavy atom. The van der Waals surface area contributed by atoms with Gasteiger partial charge in [-0.25, -0.2) is 22.0 Å². The van der Waals surface area contributed by atoms with Gasteiger partial charge in [-0.3, -0.25) is 19.1 Å². The van der Waals surface area contributed by atoms with E-state index in [0.29, 0.717) is 18.6 Å². The first-order valence-electron chi connectivity index (χ1n) is 17.3. The number of likely N-dealkylation sites (tertiary alicyclic amines) is 1. The van der Waals surface area contributed by atoms with Crippen LogP contribution >= 0.6 is 0 Å². The van der Waals surface area contributed by atoms with E-state index in [0.717, 1.165) is 22.3 Å². The number of fused-ring (bicyclic) bond motifs is 3. The van der Waals surface area contributed by atoms with Crippen molar-refractivity contribution in [3.63, 3.8) is 0 Å². The highest BCUT2D eigenvalue weighted by Crippen LogP contribution is 2.48. The van der Waals surface area contributed by atoms with E-state index in [1.165, 1.54) is 4.90 Å². The number of benzene rings is 2. The van der Waals surface area contributed by atoms with Gasteiger partial charge < -0.3 is 25.1 Å². The summed E-state index contributed by atoms with van der Waals surface area (Å²) >= 11 is 0. The lowest BCUT2D eigenvalue weighted by Crippen LogP contribution is -2.60. The summed E-state index contributed by atoms with van der Waals surface area (Å²) in [5, 5.41) is 8.69. The summed E-state index contributed by atoms with van der Waals surface area (Å²) in [4.78, 5) is 61.6. The van der Waals surface area contributed by atoms with E-state index in [1.54, 1.807) is 34.6 Å². The van der Waals surface area contributed by atoms with Crippen LogP contribution in [-0.4, -0.2) is 90.9 Å². The summed E-state index contributed by atoms with van der Waals surface area (Å²) in [5.41, 5.74) is 1.02. The molecule has 5 atom stereocenters. The van der Waals surface area contributed by atoms with Crippen molar-refractivity contribution < 1.29 is 46.0 Å². The number of ether oxygens (including phenoxy) is 1. The van der Waals surface area contributed by atoms with Gasteiger partial charge in [0.15, 0.2) is 0 Å². The highest BCUT2D eigenvalue weighted by Gasteiger charge is 2.67. The van der Waals surface area contributed by atoms with Crippen LogP contribution in [0.1, 0.15) is 71.4 Å². The number of hydrogen-bond acceptors (Lipinski definition) is 9. The van der Waals surface area contributed by atoms with Crippen molar-refractivity contribution in [1.29, 1.82) is 0 Å². The number of oxime groups is 1. The first-order chi connectivity index (χ1) is 24.4. The molecule has 3 fully saturated rings. The summed E-state index contributed by atoms with van der Waals surface area (Å²) in [5.74, 6) is -4.53. The van der Waals surface area contributed by atoms with Gasteiger partial charge in [-0.05, 0) is 49.7 Å². The Labute approximate surface area is 300 Å². The van der Waals surface area contributed by atoms with Gasteiger partial charge in [-0.1, -0.05) is 74.5 Å². The molecule has 0 spiro atoms. The molecule has 3 aliphatic carbocycles. The summed E-state index contributed by atoms with van der Waals surface area (Å²) in [6, 6.07) is 12.7. The minimum Gasteiger partial charge on any atom is -0.447 e. The Hall–Kier alpha value is -4.60. The Bertz CT molecular complexity index is 1860. The Morgan fingerprint density at radius 1 is 0.962 bits per heavy atom. The minimum absolute atomic E-state index is 0.150. The molecule has 280 valence electrons. The van der Waals surface area contributed by atoms with E-state index < -0.39 is 93.1 Å². The van der Waals surface area contributed by atoms with Crippen LogP contribution in [0.2, 0.25) is 0 Å². The van der Waals surface area contributed by atoms with Gasteiger partial charge >= 0.3 is 6.09 Å². The van der Waals surface area contributed by atoms with Crippen molar-refractivity contribution >= 4 is 39.5 Å². The van der Waals surface area contributed by atoms with Crippen molar-refractivity contribution in [2.45, 2.75) is 102 Å². The molecule has 0 radical (unpaired) electrons. The lowest BCUT2D eigenvalue weighted by molar-refractivity contribution is -0.143. The zero-order chi connectivity index (χ0) is 37.7. The van der Waals surface area contributed by atoms with E-state index in [1.807, 2.05) is 53.3 Å². The van der Waals surface area contributed by atoms with Crippen LogP contribution in [0.4, 0.5) is 13.6 Å². The maximum absolute atomic E-state index is 14.3. The second-order valence-electron chi connectivity index (χ2n) is 15.2. The van der Waals surface area contributed by atoms with Crippen molar-refractivity contribution in [1.82, 2.24) is 20.3 Å². The molecule has 6 rings (SSSR count). The lowest BCUT2D eigenvalue weighted by atomic mass is 9.85. The van der Waals surface area contributed by atoms with E-state index >= 15 is 0 Å². The van der Waals surface area contributed by atoms with Crippen LogP contribution in [-0.2, 0) is 34.0 Å². The number of nitrogens with one attached hydrogen (secondary N) is 3. The quantitative estimate of drug-likeness (QED) is 0.250. The second-order valence-corrected chi connectivity index (χ2v) is 17.1. The third-order valence-electron chi connectivity index (χ3n) is 9.78. The number of sulfonamides is 1. The van der Waals surface area contributed by atoms with Crippen LogP contribution in [0.5, 0.6) is 0 Å². The van der Waals surface area contributed by atoms with Crippen molar-refractivity contribution in [2.24, 2.45) is 16.5 Å². The van der Waals surface area contributed by atoms with Crippen LogP contribution < -0.4 is 15.4 Å². The molecule has 3 N–H and O–H groups in total. The second kappa shape index (κ2) is 13.7. The predicted octanol–water partition coefficient (Wildman–Crippen LogP) is 3.70. The average Bonchev–Trinajstić information content (AvgIpc) is 3.98. The number of carbonyl (C=O) groups excluding carboxylic acids is 4. The third kappa shape index (κ3) is 7.34. The maximum Gasteiger partial charge on any atom is 0.408 e. The summed E-state index contributed by atoms with van der Waals surface area (Å²) < 4.78 is 60.4. The molecule has 4 aliphatic rings. The van der Waals surface area contributed by atoms with Gasteiger partial charge in [0, 0.05) is 17.5 Å². The molecule has 0 bridgehead atoms. The minimum atomic E-state index is -4.12. The number of rotatable bonds is 11. The lowest BCUT2D eigenvalue weighted by Gasteiger charge is -2.35. The van der Waals surface area contributed by atoms with Gasteiger partial charge in [0.05, 0.1) is 23.8 Å². The molecular weight excluding hydrogens is 700 g/mol. The molecule has 13 nitrogen and oxygen atoms in total. The topological polar surface area (TPSA) is 173 Å². The molecule has 1 saturated heterocycles. The first kappa shape index (κ1) is 37.2. The summed E-state index contributed by atoms with van der Waals surface area (Å²) in [6.07, 6.45) is -5.25. The molecule has 2 aromatic carbocycles. The van der Waals surface area contributed by atoms with Gasteiger partial charge in [-0.2, -0.15) is 0 Å². The molecule has 2 saturated carbocycles. The number of hydrogen-bond donors (Lipinski definition) is 3. The Kier molecular flexibility index (Phi) is 9.83. The molecule has 16 heteroatoms. The zero-order valence-corrected chi connectivity index (χ0v) is 30.3. The van der Waals surface area contributed by atoms with Crippen LogP contribution in [0.3, 0.4) is 0 Å². The maximum atomic E-state index is 14.3. The number of amides is 4. The zero-order valence-electron chi connectivity index (χ0n) is 29.5. The molecule has 1 unspecified atom stereocenters. The van der Waals surface area contributed by atoms with E-state index in [2.05, 4.69) is 15.8 Å². The largest absolute Gasteiger partial charge is 0.447 e. The summed E-state index contributed by atoms with van der Waals surface area (Å²) in [6.45, 7) is 8.24. The molecule has 1 heterocycles. The fraction of sp³-hybridized carbons (Fsp3) is 0.528. The van der Waals surface area contributed by atoms with Gasteiger partial charge in [0.1, 0.15) is 29.4 Å². The fourth-order valence-electron chi connectivity index (χ4n) is 6.80. The molecular formula is C36H43F2N5O8S. The standard InChI is InChI=1S/C36H43F2N5O8S/c1-19(2)50-34(47)39-29(35(3,4)5)32(45)43-18-20(51-41-28-24-12-8-6-10-22(24)23-11-7-9-13-25(23)28)16-27(43)31(44)40-36(17-26(36)30(37)38)33(46)42-52(48,49)21-14-15-21/h6-13,19-21,26-27,29-30H,14-18H2,1-5H3,(H,39,47)(H,40,44)(H,42,46)/t20-,26+,27?,29-,36+/m1/s1. The van der Waals surface area contributed by atoms with Gasteiger partial charge in [-0.15, -0.1) is 0 Å². The first-order valence-corrected chi connectivity index (χ1v) is 18.8. The third-order valence-corrected chi connectivity index (χ3v) is 11.6. The Balaban J connectivity index is 1.29. The van der Waals surface area contributed by atoms with Crippen LogP contribution in [0.15, 0.2) is 53.7 Å². The molecule has 0 aromatic heterocycles.